The average molecular weight is 271 g/mol. The van der Waals surface area contributed by atoms with Crippen LogP contribution >= 0.6 is 0 Å². The number of piperidine rings is 1. The average Bonchev–Trinajstić information content (AvgIpc) is 3.24. The number of hydrogen-bond donors (Lipinski definition) is 0. The van der Waals surface area contributed by atoms with Crippen LogP contribution in [0.4, 0.5) is 8.78 Å². The van der Waals surface area contributed by atoms with E-state index in [-0.39, 0.29) is 12.0 Å². The van der Waals surface area contributed by atoms with Gasteiger partial charge in [0.25, 0.3) is 5.92 Å². The van der Waals surface area contributed by atoms with Crippen molar-refractivity contribution < 1.29 is 8.78 Å². The van der Waals surface area contributed by atoms with Crippen LogP contribution in [0.2, 0.25) is 0 Å². The zero-order chi connectivity index (χ0) is 13.9. The van der Waals surface area contributed by atoms with Crippen molar-refractivity contribution in [1.29, 1.82) is 0 Å². The van der Waals surface area contributed by atoms with Gasteiger partial charge in [0.2, 0.25) is 0 Å². The Kier molecular flexibility index (Phi) is 2.85. The van der Waals surface area contributed by atoms with Gasteiger partial charge in [-0.15, -0.1) is 0 Å². The van der Waals surface area contributed by atoms with E-state index >= 15 is 0 Å². The smallest absolute Gasteiger partial charge is 0.254 e. The van der Waals surface area contributed by atoms with Gasteiger partial charge in [-0.2, -0.15) is 0 Å². The maximum Gasteiger partial charge on any atom is 0.254 e. The largest absolute Gasteiger partial charge is 0.297 e. The third-order valence-corrected chi connectivity index (χ3v) is 6.59. The van der Waals surface area contributed by atoms with Crippen molar-refractivity contribution in [2.75, 3.05) is 13.1 Å². The first kappa shape index (κ1) is 13.8. The van der Waals surface area contributed by atoms with Crippen LogP contribution in [0.25, 0.3) is 0 Å². The number of fused-ring (bicyclic) bond motifs is 2. The Morgan fingerprint density at radius 2 is 1.42 bits per heavy atom. The standard InChI is InChI=1S/C14H21F2N.C2H6/c1-2-13-9-12(10-14(12,15)16)6-8-17(13)7-5-11(13)3-4-11;1-2/h2-10H2,1H3;1-2H3/t12-,13-;/m1./s1. The van der Waals surface area contributed by atoms with Gasteiger partial charge in [0.15, 0.2) is 0 Å². The Morgan fingerprint density at radius 1 is 0.895 bits per heavy atom. The van der Waals surface area contributed by atoms with Crippen molar-refractivity contribution in [3.63, 3.8) is 0 Å². The molecular weight excluding hydrogens is 244 g/mol. The summed E-state index contributed by atoms with van der Waals surface area (Å²) in [6, 6.07) is 0. The second-order valence-corrected chi connectivity index (χ2v) is 6.99. The van der Waals surface area contributed by atoms with E-state index in [1.54, 1.807) is 0 Å². The molecule has 2 atom stereocenters. The fraction of sp³-hybridized carbons (Fsp3) is 1.00. The van der Waals surface area contributed by atoms with Crippen molar-refractivity contribution in [1.82, 2.24) is 4.90 Å². The van der Waals surface area contributed by atoms with Crippen LogP contribution in [0, 0.1) is 10.8 Å². The van der Waals surface area contributed by atoms with Crippen LogP contribution in [-0.2, 0) is 0 Å². The third kappa shape index (κ3) is 1.54. The molecule has 0 N–H and O–H groups in total. The minimum Gasteiger partial charge on any atom is -0.297 e. The van der Waals surface area contributed by atoms with Crippen molar-refractivity contribution >= 4 is 0 Å². The molecule has 4 aliphatic rings. The summed E-state index contributed by atoms with van der Waals surface area (Å²) in [6.07, 6.45) is 6.61. The highest BCUT2D eigenvalue weighted by molar-refractivity contribution is 5.25. The molecular formula is C16H27F2N. The molecule has 0 aromatic heterocycles. The summed E-state index contributed by atoms with van der Waals surface area (Å²) in [5.41, 5.74) is -0.0154. The van der Waals surface area contributed by atoms with Crippen molar-refractivity contribution in [2.45, 2.75) is 77.2 Å². The third-order valence-electron chi connectivity index (χ3n) is 6.59. The summed E-state index contributed by atoms with van der Waals surface area (Å²) in [5.74, 6) is -2.35. The van der Waals surface area contributed by atoms with Crippen molar-refractivity contribution in [3.05, 3.63) is 0 Å². The monoisotopic (exact) mass is 271 g/mol. The molecule has 110 valence electrons. The summed E-state index contributed by atoms with van der Waals surface area (Å²) >= 11 is 0. The van der Waals surface area contributed by atoms with Crippen LogP contribution in [0.15, 0.2) is 0 Å². The minimum absolute atomic E-state index is 0.144. The van der Waals surface area contributed by atoms with Gasteiger partial charge < -0.3 is 0 Å². The predicted molar refractivity (Wildman–Crippen MR) is 73.5 cm³/mol. The minimum atomic E-state index is -2.35. The Bertz CT molecular complexity index is 377. The van der Waals surface area contributed by atoms with E-state index in [1.807, 2.05) is 13.8 Å². The van der Waals surface area contributed by atoms with Crippen molar-refractivity contribution in [2.24, 2.45) is 10.8 Å². The van der Waals surface area contributed by atoms with E-state index in [0.29, 0.717) is 5.41 Å². The quantitative estimate of drug-likeness (QED) is 0.680. The van der Waals surface area contributed by atoms with Gasteiger partial charge >= 0.3 is 0 Å². The number of nitrogens with zero attached hydrogens (tertiary/aromatic N) is 1. The van der Waals surface area contributed by atoms with E-state index in [1.165, 1.54) is 19.3 Å². The second-order valence-electron chi connectivity index (χ2n) is 6.99. The molecule has 0 amide bonds. The Morgan fingerprint density at radius 3 is 1.84 bits per heavy atom. The molecule has 0 unspecified atom stereocenters. The molecule has 0 bridgehead atoms. The van der Waals surface area contributed by atoms with Crippen LogP contribution in [-0.4, -0.2) is 29.5 Å². The highest BCUT2D eigenvalue weighted by atomic mass is 19.3. The molecule has 2 aliphatic carbocycles. The van der Waals surface area contributed by atoms with E-state index in [2.05, 4.69) is 11.8 Å². The zero-order valence-electron chi connectivity index (χ0n) is 12.6. The lowest BCUT2D eigenvalue weighted by Crippen LogP contribution is -2.55. The fourth-order valence-electron chi connectivity index (χ4n) is 5.19. The van der Waals surface area contributed by atoms with Gasteiger partial charge in [-0.25, -0.2) is 8.78 Å². The molecule has 2 heterocycles. The molecule has 2 saturated carbocycles. The molecule has 0 aromatic rings. The summed E-state index contributed by atoms with van der Waals surface area (Å²) in [5, 5.41) is 0. The Hall–Kier alpha value is -0.180. The van der Waals surface area contributed by atoms with Crippen molar-refractivity contribution in [3.8, 4) is 0 Å². The summed E-state index contributed by atoms with van der Waals surface area (Å²) in [7, 11) is 0. The number of rotatable bonds is 1. The van der Waals surface area contributed by atoms with Gasteiger partial charge in [-0.05, 0) is 57.0 Å². The molecule has 2 aliphatic heterocycles. The summed E-state index contributed by atoms with van der Waals surface area (Å²) in [4.78, 5) is 2.57. The highest BCUT2D eigenvalue weighted by Crippen LogP contribution is 2.75. The number of hydrogen-bond acceptors (Lipinski definition) is 1. The molecule has 2 saturated heterocycles. The molecule has 4 rings (SSSR count). The lowest BCUT2D eigenvalue weighted by molar-refractivity contribution is -0.0389. The fourth-order valence-corrected chi connectivity index (χ4v) is 5.19. The summed E-state index contributed by atoms with van der Waals surface area (Å²) in [6.45, 7) is 8.30. The Labute approximate surface area is 115 Å². The normalized spacial score (nSPS) is 44.7. The van der Waals surface area contributed by atoms with Gasteiger partial charge in [0, 0.05) is 17.4 Å². The lowest BCUT2D eigenvalue weighted by Gasteiger charge is -2.49. The maximum atomic E-state index is 13.7. The number of alkyl halides is 2. The zero-order valence-corrected chi connectivity index (χ0v) is 12.6. The molecule has 0 radical (unpaired) electrons. The topological polar surface area (TPSA) is 3.24 Å². The molecule has 19 heavy (non-hydrogen) atoms. The molecule has 2 spiro atoms. The van der Waals surface area contributed by atoms with E-state index in [9.17, 15) is 8.78 Å². The van der Waals surface area contributed by atoms with Crippen LogP contribution in [0.1, 0.15) is 65.7 Å². The first-order valence-corrected chi connectivity index (χ1v) is 8.12. The van der Waals surface area contributed by atoms with Gasteiger partial charge in [0.1, 0.15) is 0 Å². The van der Waals surface area contributed by atoms with Gasteiger partial charge in [0.05, 0.1) is 0 Å². The first-order chi connectivity index (χ1) is 8.99. The molecule has 4 fully saturated rings. The molecule has 0 aromatic carbocycles. The predicted octanol–water partition coefficient (Wildman–Crippen LogP) is 4.47. The first-order valence-electron chi connectivity index (χ1n) is 8.12. The highest BCUT2D eigenvalue weighted by Gasteiger charge is 2.77. The molecule has 3 heteroatoms. The van der Waals surface area contributed by atoms with E-state index in [0.717, 1.165) is 32.4 Å². The van der Waals surface area contributed by atoms with Gasteiger partial charge in [-0.1, -0.05) is 20.8 Å². The maximum absolute atomic E-state index is 13.7. The summed E-state index contributed by atoms with van der Waals surface area (Å²) < 4.78 is 27.4. The van der Waals surface area contributed by atoms with Crippen LogP contribution < -0.4 is 0 Å². The van der Waals surface area contributed by atoms with E-state index in [4.69, 9.17) is 0 Å². The molecule has 1 nitrogen and oxygen atoms in total. The van der Waals surface area contributed by atoms with Gasteiger partial charge in [-0.3, -0.25) is 4.90 Å². The second kappa shape index (κ2) is 3.93. The Balaban J connectivity index is 0.000000528. The van der Waals surface area contributed by atoms with Crippen LogP contribution in [0.5, 0.6) is 0 Å². The van der Waals surface area contributed by atoms with Crippen LogP contribution in [0.3, 0.4) is 0 Å². The lowest BCUT2D eigenvalue weighted by atomic mass is 9.69. The number of halogens is 2. The SMILES string of the molecule is CC.CC[C@]12C[C@]3(CCN1CCC21CC1)CC3(F)F. The van der Waals surface area contributed by atoms with E-state index < -0.39 is 11.3 Å².